The average molecular weight is 223 g/mol. The molecule has 1 unspecified atom stereocenters. The Balaban J connectivity index is 2.04. The van der Waals surface area contributed by atoms with E-state index in [0.717, 1.165) is 19.5 Å². The average Bonchev–Trinajstić information content (AvgIpc) is 2.81. The van der Waals surface area contributed by atoms with Gasteiger partial charge in [0.15, 0.2) is 0 Å². The van der Waals surface area contributed by atoms with Crippen LogP contribution in [0, 0.1) is 0 Å². The fourth-order valence-corrected chi connectivity index (χ4v) is 1.88. The first-order chi connectivity index (χ1) is 7.86. The summed E-state index contributed by atoms with van der Waals surface area (Å²) in [4.78, 5) is 0. The summed E-state index contributed by atoms with van der Waals surface area (Å²) in [6.45, 7) is 6.64. The van der Waals surface area contributed by atoms with Gasteiger partial charge in [0.1, 0.15) is 0 Å². The Labute approximate surface area is 99.2 Å². The first-order valence-electron chi connectivity index (χ1n) is 6.57. The molecular weight excluding hydrogens is 198 g/mol. The van der Waals surface area contributed by atoms with E-state index >= 15 is 0 Å². The van der Waals surface area contributed by atoms with E-state index in [9.17, 15) is 0 Å². The Bertz CT molecular complexity index is 244. The summed E-state index contributed by atoms with van der Waals surface area (Å²) >= 11 is 0. The third kappa shape index (κ3) is 5.31. The molecule has 0 aromatic carbocycles. The van der Waals surface area contributed by atoms with Crippen molar-refractivity contribution in [3.05, 3.63) is 18.5 Å². The van der Waals surface area contributed by atoms with Gasteiger partial charge in [0, 0.05) is 25.0 Å². The lowest BCUT2D eigenvalue weighted by Crippen LogP contribution is -2.29. The number of aromatic nitrogens is 2. The second-order valence-electron chi connectivity index (χ2n) is 4.32. The van der Waals surface area contributed by atoms with Gasteiger partial charge in [0.2, 0.25) is 0 Å². The van der Waals surface area contributed by atoms with Gasteiger partial charge in [-0.2, -0.15) is 5.10 Å². The second-order valence-corrected chi connectivity index (χ2v) is 4.32. The van der Waals surface area contributed by atoms with Crippen molar-refractivity contribution in [2.75, 3.05) is 6.54 Å². The molecule has 0 amide bonds. The van der Waals surface area contributed by atoms with Gasteiger partial charge < -0.3 is 5.32 Å². The van der Waals surface area contributed by atoms with Crippen LogP contribution in [0.5, 0.6) is 0 Å². The summed E-state index contributed by atoms with van der Waals surface area (Å²) < 4.78 is 1.99. The van der Waals surface area contributed by atoms with Crippen LogP contribution in [-0.4, -0.2) is 22.4 Å². The van der Waals surface area contributed by atoms with Gasteiger partial charge >= 0.3 is 0 Å². The van der Waals surface area contributed by atoms with Gasteiger partial charge in [-0.15, -0.1) is 0 Å². The molecule has 1 aromatic heterocycles. The molecule has 1 atom stereocenters. The molecule has 0 radical (unpaired) electrons. The number of nitrogens with one attached hydrogen (secondary N) is 1. The number of rotatable bonds is 9. The van der Waals surface area contributed by atoms with Gasteiger partial charge in [0.05, 0.1) is 0 Å². The van der Waals surface area contributed by atoms with Crippen molar-refractivity contribution in [2.24, 2.45) is 0 Å². The van der Waals surface area contributed by atoms with Crippen LogP contribution in [0.4, 0.5) is 0 Å². The third-order valence-corrected chi connectivity index (χ3v) is 2.96. The monoisotopic (exact) mass is 223 g/mol. The topological polar surface area (TPSA) is 29.9 Å². The van der Waals surface area contributed by atoms with Crippen LogP contribution in [-0.2, 0) is 6.54 Å². The highest BCUT2D eigenvalue weighted by molar-refractivity contribution is 4.77. The minimum absolute atomic E-state index is 0.706. The van der Waals surface area contributed by atoms with E-state index in [1.54, 1.807) is 0 Å². The third-order valence-electron chi connectivity index (χ3n) is 2.96. The van der Waals surface area contributed by atoms with E-state index in [1.165, 1.54) is 25.7 Å². The summed E-state index contributed by atoms with van der Waals surface area (Å²) in [7, 11) is 0. The Morgan fingerprint density at radius 3 is 2.81 bits per heavy atom. The van der Waals surface area contributed by atoms with E-state index in [4.69, 9.17) is 0 Å². The molecule has 0 aliphatic rings. The van der Waals surface area contributed by atoms with Crippen molar-refractivity contribution in [1.29, 1.82) is 0 Å². The molecule has 1 N–H and O–H groups in total. The molecule has 0 bridgehead atoms. The highest BCUT2D eigenvalue weighted by atomic mass is 15.3. The van der Waals surface area contributed by atoms with E-state index in [1.807, 2.05) is 23.1 Å². The van der Waals surface area contributed by atoms with Crippen molar-refractivity contribution >= 4 is 0 Å². The van der Waals surface area contributed by atoms with E-state index in [2.05, 4.69) is 24.3 Å². The first kappa shape index (κ1) is 13.2. The molecule has 0 aliphatic carbocycles. The standard InChI is InChI=1S/C13H25N3/c1-3-5-8-13(4-2)14-9-6-11-16-12-7-10-15-16/h7,10,12-14H,3-6,8-9,11H2,1-2H3. The molecule has 0 saturated carbocycles. The Morgan fingerprint density at radius 1 is 1.31 bits per heavy atom. The van der Waals surface area contributed by atoms with Gasteiger partial charge in [-0.05, 0) is 31.9 Å². The molecule has 16 heavy (non-hydrogen) atoms. The Morgan fingerprint density at radius 2 is 2.19 bits per heavy atom. The minimum Gasteiger partial charge on any atom is -0.314 e. The van der Waals surface area contributed by atoms with Crippen molar-refractivity contribution < 1.29 is 0 Å². The molecule has 3 heteroatoms. The first-order valence-corrected chi connectivity index (χ1v) is 6.57. The van der Waals surface area contributed by atoms with Crippen LogP contribution in [0.25, 0.3) is 0 Å². The van der Waals surface area contributed by atoms with Crippen LogP contribution >= 0.6 is 0 Å². The maximum absolute atomic E-state index is 4.19. The van der Waals surface area contributed by atoms with E-state index in [0.29, 0.717) is 6.04 Å². The molecular formula is C13H25N3. The molecule has 92 valence electrons. The number of hydrogen-bond donors (Lipinski definition) is 1. The van der Waals surface area contributed by atoms with Gasteiger partial charge in [-0.1, -0.05) is 26.7 Å². The maximum atomic E-state index is 4.19. The van der Waals surface area contributed by atoms with Crippen LogP contribution in [0.1, 0.15) is 46.0 Å². The predicted octanol–water partition coefficient (Wildman–Crippen LogP) is 2.83. The summed E-state index contributed by atoms with van der Waals surface area (Å²) in [6.07, 6.45) is 10.2. The molecule has 1 rings (SSSR count). The van der Waals surface area contributed by atoms with E-state index < -0.39 is 0 Å². The normalized spacial score (nSPS) is 12.9. The second kappa shape index (κ2) is 8.34. The summed E-state index contributed by atoms with van der Waals surface area (Å²) in [5, 5.41) is 7.82. The molecule has 0 fully saturated rings. The summed E-state index contributed by atoms with van der Waals surface area (Å²) in [5.41, 5.74) is 0. The lowest BCUT2D eigenvalue weighted by molar-refractivity contribution is 0.435. The smallest absolute Gasteiger partial charge is 0.0489 e. The Kier molecular flexibility index (Phi) is 6.90. The summed E-state index contributed by atoms with van der Waals surface area (Å²) in [5.74, 6) is 0. The van der Waals surface area contributed by atoms with Crippen molar-refractivity contribution in [2.45, 2.75) is 58.5 Å². The highest BCUT2D eigenvalue weighted by Crippen LogP contribution is 2.03. The van der Waals surface area contributed by atoms with Crippen LogP contribution < -0.4 is 5.32 Å². The van der Waals surface area contributed by atoms with Crippen LogP contribution in [0.3, 0.4) is 0 Å². The minimum atomic E-state index is 0.706. The molecule has 3 nitrogen and oxygen atoms in total. The molecule has 0 aliphatic heterocycles. The van der Waals surface area contributed by atoms with Crippen LogP contribution in [0.2, 0.25) is 0 Å². The highest BCUT2D eigenvalue weighted by Gasteiger charge is 2.03. The number of nitrogens with zero attached hydrogens (tertiary/aromatic N) is 2. The molecule has 1 aromatic rings. The van der Waals surface area contributed by atoms with Gasteiger partial charge in [-0.3, -0.25) is 4.68 Å². The zero-order valence-electron chi connectivity index (χ0n) is 10.7. The zero-order chi connectivity index (χ0) is 11.6. The lowest BCUT2D eigenvalue weighted by atomic mass is 10.1. The number of hydrogen-bond acceptors (Lipinski definition) is 2. The molecule has 0 saturated heterocycles. The van der Waals surface area contributed by atoms with Crippen molar-refractivity contribution in [3.63, 3.8) is 0 Å². The fraction of sp³-hybridized carbons (Fsp3) is 0.769. The number of unbranched alkanes of at least 4 members (excludes halogenated alkanes) is 1. The van der Waals surface area contributed by atoms with Crippen molar-refractivity contribution in [1.82, 2.24) is 15.1 Å². The largest absolute Gasteiger partial charge is 0.314 e. The van der Waals surface area contributed by atoms with E-state index in [-0.39, 0.29) is 0 Å². The molecule has 1 heterocycles. The van der Waals surface area contributed by atoms with Crippen molar-refractivity contribution in [3.8, 4) is 0 Å². The fourth-order valence-electron chi connectivity index (χ4n) is 1.88. The number of aryl methyl sites for hydroxylation is 1. The van der Waals surface area contributed by atoms with Crippen LogP contribution in [0.15, 0.2) is 18.5 Å². The zero-order valence-corrected chi connectivity index (χ0v) is 10.7. The van der Waals surface area contributed by atoms with Gasteiger partial charge in [-0.25, -0.2) is 0 Å². The lowest BCUT2D eigenvalue weighted by Gasteiger charge is -2.16. The Hall–Kier alpha value is -0.830. The predicted molar refractivity (Wildman–Crippen MR) is 68.5 cm³/mol. The summed E-state index contributed by atoms with van der Waals surface area (Å²) in [6, 6.07) is 2.68. The quantitative estimate of drug-likeness (QED) is 0.652. The SMILES string of the molecule is CCCCC(CC)NCCCn1cccn1. The maximum Gasteiger partial charge on any atom is 0.0489 e. The molecule has 0 spiro atoms. The van der Waals surface area contributed by atoms with Gasteiger partial charge in [0.25, 0.3) is 0 Å².